The first kappa shape index (κ1) is 16.7. The molecule has 1 N–H and O–H groups in total. The largest absolute Gasteiger partial charge is 0.376 e. The number of halogens is 2. The molecule has 1 fully saturated rings. The van der Waals surface area contributed by atoms with E-state index in [9.17, 15) is 13.2 Å². The Morgan fingerprint density at radius 1 is 1.48 bits per heavy atom. The van der Waals surface area contributed by atoms with E-state index in [2.05, 4.69) is 21.2 Å². The Labute approximate surface area is 136 Å². The van der Waals surface area contributed by atoms with Crippen molar-refractivity contribution < 1.29 is 17.9 Å². The van der Waals surface area contributed by atoms with Gasteiger partial charge in [0.25, 0.3) is 15.0 Å². The second-order valence-electron chi connectivity index (χ2n) is 5.01. The Morgan fingerprint density at radius 2 is 2.14 bits per heavy atom. The van der Waals surface area contributed by atoms with Gasteiger partial charge in [-0.3, -0.25) is 4.79 Å². The van der Waals surface area contributed by atoms with Crippen LogP contribution in [0.1, 0.15) is 29.6 Å². The van der Waals surface area contributed by atoms with Crippen LogP contribution in [-0.4, -0.2) is 33.6 Å². The van der Waals surface area contributed by atoms with Gasteiger partial charge in [0.2, 0.25) is 0 Å². The predicted molar refractivity (Wildman–Crippen MR) is 83.1 cm³/mol. The van der Waals surface area contributed by atoms with Crippen LogP contribution in [0.25, 0.3) is 0 Å². The van der Waals surface area contributed by atoms with E-state index >= 15 is 0 Å². The molecule has 0 bridgehead atoms. The highest BCUT2D eigenvalue weighted by Crippen LogP contribution is 2.34. The van der Waals surface area contributed by atoms with Crippen molar-refractivity contribution >= 4 is 41.6 Å². The van der Waals surface area contributed by atoms with Crippen LogP contribution in [0.15, 0.2) is 27.6 Å². The zero-order valence-corrected chi connectivity index (χ0v) is 14.5. The number of nitrogens with one attached hydrogen (secondary N) is 1. The molecular weight excluding hydrogens is 382 g/mol. The van der Waals surface area contributed by atoms with Gasteiger partial charge < -0.3 is 10.1 Å². The van der Waals surface area contributed by atoms with Crippen molar-refractivity contribution in [3.8, 4) is 0 Å². The fourth-order valence-electron chi connectivity index (χ4n) is 2.20. The zero-order valence-electron chi connectivity index (χ0n) is 11.4. The number of benzene rings is 1. The molecule has 2 rings (SSSR count). The summed E-state index contributed by atoms with van der Waals surface area (Å²) in [6.07, 6.45) is 2.90. The monoisotopic (exact) mass is 395 g/mol. The third-order valence-electron chi connectivity index (χ3n) is 3.72. The molecule has 0 spiro atoms. The third kappa shape index (κ3) is 3.77. The fourth-order valence-corrected chi connectivity index (χ4v) is 4.32. The molecule has 0 unspecified atom stereocenters. The summed E-state index contributed by atoms with van der Waals surface area (Å²) in [5, 5.41) is 2.77. The van der Waals surface area contributed by atoms with Crippen molar-refractivity contribution in [3.63, 3.8) is 0 Å². The third-order valence-corrected chi connectivity index (χ3v) is 6.04. The first-order valence-electron chi connectivity index (χ1n) is 6.35. The number of methoxy groups -OCH3 is 1. The van der Waals surface area contributed by atoms with E-state index in [1.807, 2.05) is 0 Å². The minimum Gasteiger partial charge on any atom is -0.376 e. The molecule has 1 aliphatic rings. The van der Waals surface area contributed by atoms with Crippen LogP contribution in [0.5, 0.6) is 0 Å². The number of hydrogen-bond acceptors (Lipinski definition) is 4. The summed E-state index contributed by atoms with van der Waals surface area (Å²) in [5.41, 5.74) is -0.0464. The van der Waals surface area contributed by atoms with Crippen molar-refractivity contribution in [2.75, 3.05) is 13.7 Å². The number of hydrogen-bond donors (Lipinski definition) is 1. The van der Waals surface area contributed by atoms with E-state index in [-0.39, 0.29) is 22.0 Å². The summed E-state index contributed by atoms with van der Waals surface area (Å²) in [6, 6.07) is 4.27. The quantitative estimate of drug-likeness (QED) is 0.777. The topological polar surface area (TPSA) is 72.5 Å². The van der Waals surface area contributed by atoms with Gasteiger partial charge in [0.15, 0.2) is 0 Å². The van der Waals surface area contributed by atoms with E-state index in [0.717, 1.165) is 19.3 Å². The van der Waals surface area contributed by atoms with Crippen molar-refractivity contribution in [1.82, 2.24) is 5.32 Å². The molecule has 1 aliphatic carbocycles. The summed E-state index contributed by atoms with van der Waals surface area (Å²) in [4.78, 5) is 12.0. The minimum atomic E-state index is -3.91. The molecule has 0 radical (unpaired) electrons. The Balaban J connectivity index is 2.13. The van der Waals surface area contributed by atoms with Crippen LogP contribution in [-0.2, 0) is 13.8 Å². The summed E-state index contributed by atoms with van der Waals surface area (Å²) < 4.78 is 28.6. The van der Waals surface area contributed by atoms with Gasteiger partial charge in [-0.1, -0.05) is 0 Å². The molecule has 0 aromatic heterocycles. The Hall–Kier alpha value is -0.630. The van der Waals surface area contributed by atoms with Gasteiger partial charge in [0.1, 0.15) is 0 Å². The van der Waals surface area contributed by atoms with Crippen LogP contribution in [0.4, 0.5) is 0 Å². The second kappa shape index (κ2) is 6.24. The average molecular weight is 397 g/mol. The fraction of sp³-hybridized carbons (Fsp3) is 0.462. The molecule has 1 aromatic rings. The standard InChI is InChI=1S/C13H15BrClNO4S/c1-20-13(5-2-6-13)8-16-12(17)9-3-4-10(14)11(7-9)21(15,18)19/h3-4,7H,2,5-6,8H2,1H3,(H,16,17). The molecule has 21 heavy (non-hydrogen) atoms. The first-order valence-corrected chi connectivity index (χ1v) is 9.45. The molecule has 1 saturated carbocycles. The highest BCUT2D eigenvalue weighted by atomic mass is 79.9. The summed E-state index contributed by atoms with van der Waals surface area (Å²) in [5.74, 6) is -0.354. The van der Waals surface area contributed by atoms with E-state index in [1.165, 1.54) is 18.2 Å². The molecule has 1 aromatic carbocycles. The van der Waals surface area contributed by atoms with Gasteiger partial charge in [-0.05, 0) is 53.4 Å². The number of carbonyl (C=O) groups excluding carboxylic acids is 1. The maximum absolute atomic E-state index is 12.1. The van der Waals surface area contributed by atoms with Gasteiger partial charge in [0.05, 0.1) is 10.5 Å². The molecule has 1 amide bonds. The van der Waals surface area contributed by atoms with E-state index in [0.29, 0.717) is 11.0 Å². The van der Waals surface area contributed by atoms with Gasteiger partial charge >= 0.3 is 0 Å². The van der Waals surface area contributed by atoms with Crippen LogP contribution < -0.4 is 5.32 Å². The minimum absolute atomic E-state index is 0.123. The zero-order chi connectivity index (χ0) is 15.7. The smallest absolute Gasteiger partial charge is 0.262 e. The van der Waals surface area contributed by atoms with Crippen molar-refractivity contribution in [2.24, 2.45) is 0 Å². The van der Waals surface area contributed by atoms with E-state index in [4.69, 9.17) is 15.4 Å². The number of amides is 1. The van der Waals surface area contributed by atoms with E-state index < -0.39 is 9.05 Å². The Bertz CT molecular complexity index is 653. The van der Waals surface area contributed by atoms with Gasteiger partial charge in [-0.2, -0.15) is 0 Å². The normalized spacial score (nSPS) is 17.1. The number of ether oxygens (including phenoxy) is 1. The molecule has 0 saturated heterocycles. The van der Waals surface area contributed by atoms with Gasteiger partial charge in [0, 0.05) is 34.4 Å². The van der Waals surface area contributed by atoms with Gasteiger partial charge in [-0.15, -0.1) is 0 Å². The van der Waals surface area contributed by atoms with Crippen LogP contribution >= 0.6 is 26.6 Å². The number of carbonyl (C=O) groups is 1. The summed E-state index contributed by atoms with van der Waals surface area (Å²) >= 11 is 3.10. The maximum atomic E-state index is 12.1. The Kier molecular flexibility index (Phi) is 4.97. The lowest BCUT2D eigenvalue weighted by Crippen LogP contribution is -2.49. The highest BCUT2D eigenvalue weighted by Gasteiger charge is 2.37. The molecular formula is C13H15BrClNO4S. The predicted octanol–water partition coefficient (Wildman–Crippen LogP) is 2.68. The van der Waals surface area contributed by atoms with Crippen LogP contribution in [0, 0.1) is 0 Å². The van der Waals surface area contributed by atoms with Crippen molar-refractivity contribution in [2.45, 2.75) is 29.8 Å². The Morgan fingerprint density at radius 3 is 2.62 bits per heavy atom. The highest BCUT2D eigenvalue weighted by molar-refractivity contribution is 9.10. The van der Waals surface area contributed by atoms with Crippen LogP contribution in [0.3, 0.4) is 0 Å². The summed E-state index contributed by atoms with van der Waals surface area (Å²) in [6.45, 7) is 0.404. The van der Waals surface area contributed by atoms with Gasteiger partial charge in [-0.25, -0.2) is 8.42 Å². The van der Waals surface area contributed by atoms with Crippen molar-refractivity contribution in [1.29, 1.82) is 0 Å². The molecule has 5 nitrogen and oxygen atoms in total. The first-order chi connectivity index (χ1) is 9.77. The number of rotatable bonds is 5. The molecule has 0 heterocycles. The van der Waals surface area contributed by atoms with Crippen molar-refractivity contribution in [3.05, 3.63) is 28.2 Å². The maximum Gasteiger partial charge on any atom is 0.262 e. The molecule has 0 atom stereocenters. The average Bonchev–Trinajstić information content (AvgIpc) is 2.37. The molecule has 8 heteroatoms. The lowest BCUT2D eigenvalue weighted by molar-refractivity contribution is -0.0679. The summed E-state index contributed by atoms with van der Waals surface area (Å²) in [7, 11) is 3.05. The molecule has 116 valence electrons. The lowest BCUT2D eigenvalue weighted by atomic mass is 9.80. The lowest BCUT2D eigenvalue weighted by Gasteiger charge is -2.40. The van der Waals surface area contributed by atoms with E-state index in [1.54, 1.807) is 7.11 Å². The molecule has 0 aliphatic heterocycles. The SMILES string of the molecule is COC1(CNC(=O)c2ccc(Br)c(S(=O)(=O)Cl)c2)CCC1. The second-order valence-corrected chi connectivity index (χ2v) is 8.40. The van der Waals surface area contributed by atoms with Crippen LogP contribution in [0.2, 0.25) is 0 Å².